The van der Waals surface area contributed by atoms with Crippen molar-refractivity contribution in [1.82, 2.24) is 4.90 Å². The molecule has 1 fully saturated rings. The summed E-state index contributed by atoms with van der Waals surface area (Å²) in [5.74, 6) is -1.35. The summed E-state index contributed by atoms with van der Waals surface area (Å²) >= 11 is 0. The van der Waals surface area contributed by atoms with Gasteiger partial charge in [-0.1, -0.05) is 0 Å². The van der Waals surface area contributed by atoms with Crippen LogP contribution in [0.4, 0.5) is 0 Å². The summed E-state index contributed by atoms with van der Waals surface area (Å²) in [6.45, 7) is 3.12. The molecule has 1 aliphatic rings. The highest BCUT2D eigenvalue weighted by Gasteiger charge is 2.29. The van der Waals surface area contributed by atoms with Gasteiger partial charge >= 0.3 is 5.97 Å². The number of hydrogen-bond acceptors (Lipinski definition) is 3. The molecule has 0 heterocycles. The second-order valence-corrected chi connectivity index (χ2v) is 4.36. The fourth-order valence-corrected chi connectivity index (χ4v) is 1.79. The van der Waals surface area contributed by atoms with Crippen LogP contribution in [-0.2, 0) is 9.59 Å². The lowest BCUT2D eigenvalue weighted by atomic mass is 9.90. The van der Waals surface area contributed by atoms with Crippen LogP contribution in [-0.4, -0.2) is 46.2 Å². The van der Waals surface area contributed by atoms with Crippen molar-refractivity contribution in [2.45, 2.75) is 39.2 Å². The summed E-state index contributed by atoms with van der Waals surface area (Å²) < 4.78 is 0. The second-order valence-electron chi connectivity index (χ2n) is 4.36. The molecule has 1 aliphatic carbocycles. The molecule has 0 aromatic rings. The first-order valence-corrected chi connectivity index (χ1v) is 5.81. The predicted octanol–water partition coefficient (Wildman–Crippen LogP) is 0.781. The molecular weight excluding hydrogens is 222 g/mol. The summed E-state index contributed by atoms with van der Waals surface area (Å²) in [5.41, 5.74) is 0.315. The number of carbonyl (C=O) groups is 2. The number of aliphatic carboxylic acids is 1. The molecule has 0 bridgehead atoms. The van der Waals surface area contributed by atoms with E-state index in [2.05, 4.69) is 0 Å². The molecule has 0 aromatic carbocycles. The highest BCUT2D eigenvalue weighted by atomic mass is 16.4. The van der Waals surface area contributed by atoms with Gasteiger partial charge in [0, 0.05) is 23.7 Å². The van der Waals surface area contributed by atoms with E-state index in [4.69, 9.17) is 10.2 Å². The van der Waals surface area contributed by atoms with Crippen molar-refractivity contribution in [3.8, 4) is 0 Å². The first-order valence-electron chi connectivity index (χ1n) is 5.81. The van der Waals surface area contributed by atoms with Crippen LogP contribution in [0.3, 0.4) is 0 Å². The Labute approximate surface area is 101 Å². The van der Waals surface area contributed by atoms with Gasteiger partial charge in [0.15, 0.2) is 0 Å². The first kappa shape index (κ1) is 13.7. The third kappa shape index (κ3) is 3.06. The molecule has 1 rings (SSSR count). The van der Waals surface area contributed by atoms with Crippen molar-refractivity contribution in [2.24, 2.45) is 0 Å². The minimum Gasteiger partial charge on any atom is -0.478 e. The maximum Gasteiger partial charge on any atom is 0.331 e. The Morgan fingerprint density at radius 2 is 1.82 bits per heavy atom. The fourth-order valence-electron chi connectivity index (χ4n) is 1.79. The maximum absolute atomic E-state index is 12.1. The smallest absolute Gasteiger partial charge is 0.331 e. The van der Waals surface area contributed by atoms with Gasteiger partial charge in [0.1, 0.15) is 0 Å². The molecule has 0 aromatic heterocycles. The van der Waals surface area contributed by atoms with Gasteiger partial charge in [-0.2, -0.15) is 0 Å². The Balaban J connectivity index is 2.83. The van der Waals surface area contributed by atoms with Crippen LogP contribution in [0.5, 0.6) is 0 Å². The molecule has 0 spiro atoms. The number of hydrogen-bond donors (Lipinski definition) is 2. The summed E-state index contributed by atoms with van der Waals surface area (Å²) in [6.07, 6.45) is 2.96. The third-order valence-electron chi connectivity index (χ3n) is 3.32. The molecule has 0 atom stereocenters. The van der Waals surface area contributed by atoms with E-state index in [9.17, 15) is 9.59 Å². The standard InChI is InChI=1S/C12H19NO4/c1-8(9(2)12(16)17)11(15)13(6-7-14)10-4-3-5-10/h10,14H,3-7H2,1-2H3,(H,16,17). The van der Waals surface area contributed by atoms with E-state index < -0.39 is 5.97 Å². The van der Waals surface area contributed by atoms with Crippen LogP contribution >= 0.6 is 0 Å². The van der Waals surface area contributed by atoms with Crippen molar-refractivity contribution in [2.75, 3.05) is 13.2 Å². The Bertz CT molecular complexity index is 344. The Morgan fingerprint density at radius 3 is 2.18 bits per heavy atom. The van der Waals surface area contributed by atoms with Crippen molar-refractivity contribution >= 4 is 11.9 Å². The average molecular weight is 241 g/mol. The number of amides is 1. The van der Waals surface area contributed by atoms with Crippen LogP contribution in [0.2, 0.25) is 0 Å². The summed E-state index contributed by atoms with van der Waals surface area (Å²) in [6, 6.07) is 0.159. The minimum absolute atomic E-state index is 0.0669. The van der Waals surface area contributed by atoms with Gasteiger partial charge in [-0.25, -0.2) is 4.79 Å². The SMILES string of the molecule is CC(C(=O)O)=C(C)C(=O)N(CCO)C1CCC1. The van der Waals surface area contributed by atoms with Gasteiger partial charge in [-0.05, 0) is 33.1 Å². The Morgan fingerprint density at radius 1 is 1.24 bits per heavy atom. The molecule has 5 heteroatoms. The van der Waals surface area contributed by atoms with Crippen LogP contribution in [0.1, 0.15) is 33.1 Å². The van der Waals surface area contributed by atoms with E-state index in [0.29, 0.717) is 0 Å². The maximum atomic E-state index is 12.1. The number of rotatable bonds is 5. The largest absolute Gasteiger partial charge is 0.478 e. The molecule has 2 N–H and O–H groups in total. The normalized spacial score (nSPS) is 17.1. The van der Waals surface area contributed by atoms with E-state index >= 15 is 0 Å². The monoisotopic (exact) mass is 241 g/mol. The number of carboxylic acid groups (broad SMARTS) is 1. The number of aliphatic hydroxyl groups is 1. The summed E-state index contributed by atoms with van der Waals surface area (Å²) in [4.78, 5) is 24.5. The summed E-state index contributed by atoms with van der Waals surface area (Å²) in [5, 5.41) is 17.8. The van der Waals surface area contributed by atoms with Gasteiger partial charge in [-0.3, -0.25) is 4.79 Å². The number of carboxylic acids is 1. The van der Waals surface area contributed by atoms with Crippen molar-refractivity contribution in [3.63, 3.8) is 0 Å². The number of nitrogens with zero attached hydrogens (tertiary/aromatic N) is 1. The molecule has 17 heavy (non-hydrogen) atoms. The van der Waals surface area contributed by atoms with E-state index in [0.717, 1.165) is 19.3 Å². The summed E-state index contributed by atoms with van der Waals surface area (Å²) in [7, 11) is 0. The zero-order chi connectivity index (χ0) is 13.0. The molecule has 96 valence electrons. The van der Waals surface area contributed by atoms with E-state index in [1.165, 1.54) is 13.8 Å². The molecule has 1 saturated carbocycles. The Kier molecular flexibility index (Phi) is 4.69. The lowest BCUT2D eigenvalue weighted by Gasteiger charge is -2.37. The zero-order valence-electron chi connectivity index (χ0n) is 10.3. The Hall–Kier alpha value is -1.36. The second kappa shape index (κ2) is 5.82. The highest BCUT2D eigenvalue weighted by Crippen LogP contribution is 2.26. The molecule has 5 nitrogen and oxygen atoms in total. The van der Waals surface area contributed by atoms with Crippen LogP contribution < -0.4 is 0 Å². The van der Waals surface area contributed by atoms with Gasteiger partial charge in [-0.15, -0.1) is 0 Å². The molecular formula is C12H19NO4. The third-order valence-corrected chi connectivity index (χ3v) is 3.32. The van der Waals surface area contributed by atoms with E-state index in [1.54, 1.807) is 4.90 Å². The van der Waals surface area contributed by atoms with Crippen LogP contribution in [0.15, 0.2) is 11.1 Å². The minimum atomic E-state index is -1.08. The van der Waals surface area contributed by atoms with Gasteiger partial charge in [0.2, 0.25) is 5.91 Å². The lowest BCUT2D eigenvalue weighted by molar-refractivity contribution is -0.135. The van der Waals surface area contributed by atoms with E-state index in [-0.39, 0.29) is 36.2 Å². The van der Waals surface area contributed by atoms with Crippen LogP contribution in [0.25, 0.3) is 0 Å². The van der Waals surface area contributed by atoms with Crippen molar-refractivity contribution in [1.29, 1.82) is 0 Å². The molecule has 1 amide bonds. The average Bonchev–Trinajstić information content (AvgIpc) is 2.22. The molecule has 0 radical (unpaired) electrons. The molecule has 0 aliphatic heterocycles. The highest BCUT2D eigenvalue weighted by molar-refractivity contribution is 6.01. The number of aliphatic hydroxyl groups excluding tert-OH is 1. The fraction of sp³-hybridized carbons (Fsp3) is 0.667. The van der Waals surface area contributed by atoms with Crippen LogP contribution in [0, 0.1) is 0 Å². The van der Waals surface area contributed by atoms with Crippen molar-refractivity contribution in [3.05, 3.63) is 11.1 Å². The number of carbonyl (C=O) groups excluding carboxylic acids is 1. The first-order chi connectivity index (χ1) is 7.99. The van der Waals surface area contributed by atoms with E-state index in [1.807, 2.05) is 0 Å². The quantitative estimate of drug-likeness (QED) is 0.697. The lowest BCUT2D eigenvalue weighted by Crippen LogP contribution is -2.46. The molecule has 0 unspecified atom stereocenters. The van der Waals surface area contributed by atoms with Gasteiger partial charge in [0.05, 0.1) is 6.61 Å². The van der Waals surface area contributed by atoms with Gasteiger partial charge in [0.25, 0.3) is 0 Å². The van der Waals surface area contributed by atoms with Gasteiger partial charge < -0.3 is 15.1 Å². The molecule has 0 saturated heterocycles. The zero-order valence-corrected chi connectivity index (χ0v) is 10.3. The topological polar surface area (TPSA) is 77.8 Å². The van der Waals surface area contributed by atoms with Crippen molar-refractivity contribution < 1.29 is 19.8 Å². The predicted molar refractivity (Wildman–Crippen MR) is 62.4 cm³/mol.